The molecule has 0 aromatic rings. The van der Waals surface area contributed by atoms with Gasteiger partial charge >= 0.3 is 0 Å². The van der Waals surface area contributed by atoms with Crippen molar-refractivity contribution in [1.82, 2.24) is 15.1 Å². The number of hydrogen-bond donors (Lipinski definition) is 2. The van der Waals surface area contributed by atoms with Gasteiger partial charge in [0, 0.05) is 52.3 Å². The third-order valence-electron chi connectivity index (χ3n) is 4.55. The smallest absolute Gasteiger partial charge is 0.239 e. The molecule has 142 valence electrons. The maximum atomic E-state index is 12.2. The first-order chi connectivity index (χ1) is 10.6. The normalized spacial score (nSPS) is 19.5. The van der Waals surface area contributed by atoms with Crippen molar-refractivity contribution in [2.45, 2.75) is 25.3 Å². The number of ether oxygens (including phenoxy) is 1. The first-order valence-electron chi connectivity index (χ1n) is 8.15. The molecule has 9 heteroatoms. The third-order valence-corrected chi connectivity index (χ3v) is 4.55. The number of nitrogens with zero attached hydrogens (tertiary/aromatic N) is 2. The van der Waals surface area contributed by atoms with Gasteiger partial charge in [-0.15, -0.1) is 24.8 Å². The van der Waals surface area contributed by atoms with Crippen LogP contribution in [0.4, 0.5) is 0 Å². The molecule has 1 saturated heterocycles. The van der Waals surface area contributed by atoms with Crippen LogP contribution in [0.15, 0.2) is 0 Å². The topological polar surface area (TPSA) is 87.9 Å². The third kappa shape index (κ3) is 6.72. The van der Waals surface area contributed by atoms with Crippen molar-refractivity contribution < 1.29 is 14.3 Å². The zero-order valence-corrected chi connectivity index (χ0v) is 15.9. The molecule has 3 N–H and O–H groups in total. The number of carbonyl (C=O) groups excluding carboxylic acids is 2. The zero-order valence-electron chi connectivity index (χ0n) is 14.2. The van der Waals surface area contributed by atoms with Gasteiger partial charge in [-0.25, -0.2) is 0 Å². The maximum Gasteiger partial charge on any atom is 0.239 e. The van der Waals surface area contributed by atoms with E-state index in [9.17, 15) is 9.59 Å². The van der Waals surface area contributed by atoms with Crippen molar-refractivity contribution in [2.24, 2.45) is 11.7 Å². The van der Waals surface area contributed by atoms with Gasteiger partial charge in [0.15, 0.2) is 0 Å². The minimum atomic E-state index is -0.609. The molecule has 0 aromatic heterocycles. The molecule has 1 aliphatic heterocycles. The molecule has 0 radical (unpaired) electrons. The number of rotatable bonds is 7. The number of amides is 2. The Balaban J connectivity index is 0.00000264. The molecule has 2 fully saturated rings. The van der Waals surface area contributed by atoms with Gasteiger partial charge in [0.1, 0.15) is 6.04 Å². The number of nitrogens with two attached hydrogens (primary N) is 1. The Morgan fingerprint density at radius 3 is 2.33 bits per heavy atom. The summed E-state index contributed by atoms with van der Waals surface area (Å²) in [5.74, 6) is 0.443. The summed E-state index contributed by atoms with van der Waals surface area (Å²) in [5.41, 5.74) is 5.65. The highest BCUT2D eigenvalue weighted by atomic mass is 35.5. The first kappa shape index (κ1) is 23.4. The standard InChI is InChI=1S/C15H28N4O3.2ClH/c1-22-11-13(16)14(20)17-5-6-18-7-9-19(10-8-18)15(21)12-3-2-4-12;;/h12-13H,2-11,16H2,1H3,(H,17,20);2*1H. The Kier molecular flexibility index (Phi) is 11.6. The van der Waals surface area contributed by atoms with Gasteiger partial charge in [-0.3, -0.25) is 14.5 Å². The lowest BCUT2D eigenvalue weighted by Crippen LogP contribution is -2.53. The van der Waals surface area contributed by atoms with Crippen molar-refractivity contribution >= 4 is 36.6 Å². The number of carbonyl (C=O) groups is 2. The van der Waals surface area contributed by atoms with Gasteiger partial charge in [-0.2, -0.15) is 0 Å². The van der Waals surface area contributed by atoms with Crippen LogP contribution in [0.2, 0.25) is 0 Å². The van der Waals surface area contributed by atoms with Crippen LogP contribution in [0.5, 0.6) is 0 Å². The summed E-state index contributed by atoms with van der Waals surface area (Å²) in [6.45, 7) is 4.94. The van der Waals surface area contributed by atoms with Crippen LogP contribution in [0.3, 0.4) is 0 Å². The second-order valence-electron chi connectivity index (χ2n) is 6.15. The van der Waals surface area contributed by atoms with E-state index in [1.54, 1.807) is 0 Å². The van der Waals surface area contributed by atoms with Crippen LogP contribution in [0, 0.1) is 5.92 Å². The molecule has 2 aliphatic rings. The highest BCUT2D eigenvalue weighted by molar-refractivity contribution is 5.85. The second kappa shape index (κ2) is 11.9. The minimum Gasteiger partial charge on any atom is -0.383 e. The van der Waals surface area contributed by atoms with Crippen LogP contribution < -0.4 is 11.1 Å². The van der Waals surface area contributed by atoms with Crippen molar-refractivity contribution in [2.75, 3.05) is 53.0 Å². The minimum absolute atomic E-state index is 0. The molecule has 1 heterocycles. The Morgan fingerprint density at radius 1 is 1.21 bits per heavy atom. The van der Waals surface area contributed by atoms with E-state index in [1.165, 1.54) is 13.5 Å². The summed E-state index contributed by atoms with van der Waals surface area (Å²) < 4.78 is 4.85. The molecule has 24 heavy (non-hydrogen) atoms. The van der Waals surface area contributed by atoms with Gasteiger partial charge in [-0.1, -0.05) is 6.42 Å². The van der Waals surface area contributed by atoms with Gasteiger partial charge < -0.3 is 20.7 Å². The Morgan fingerprint density at radius 2 is 1.83 bits per heavy atom. The summed E-state index contributed by atoms with van der Waals surface area (Å²) in [6, 6.07) is -0.609. The van der Waals surface area contributed by atoms with Gasteiger partial charge in [0.2, 0.25) is 11.8 Å². The molecular formula is C15H30Cl2N4O3. The van der Waals surface area contributed by atoms with Crippen LogP contribution >= 0.6 is 24.8 Å². The molecule has 1 aliphatic carbocycles. The second-order valence-corrected chi connectivity index (χ2v) is 6.15. The van der Waals surface area contributed by atoms with E-state index >= 15 is 0 Å². The van der Waals surface area contributed by atoms with E-state index in [1.807, 2.05) is 4.90 Å². The van der Waals surface area contributed by atoms with E-state index in [0.717, 1.165) is 45.6 Å². The van der Waals surface area contributed by atoms with Gasteiger partial charge in [0.25, 0.3) is 0 Å². The van der Waals surface area contributed by atoms with Crippen molar-refractivity contribution in [3.63, 3.8) is 0 Å². The molecule has 0 bridgehead atoms. The van der Waals surface area contributed by atoms with Gasteiger partial charge in [0.05, 0.1) is 6.61 Å². The number of hydrogen-bond acceptors (Lipinski definition) is 5. The first-order valence-corrected chi connectivity index (χ1v) is 8.15. The molecule has 2 amide bonds. The molecule has 0 spiro atoms. The molecule has 2 rings (SSSR count). The van der Waals surface area contributed by atoms with E-state index in [0.29, 0.717) is 12.5 Å². The Bertz CT molecular complexity index is 389. The fraction of sp³-hybridized carbons (Fsp3) is 0.867. The van der Waals surface area contributed by atoms with Crippen LogP contribution in [0.1, 0.15) is 19.3 Å². The quantitative estimate of drug-likeness (QED) is 0.637. The van der Waals surface area contributed by atoms with E-state index < -0.39 is 6.04 Å². The van der Waals surface area contributed by atoms with Gasteiger partial charge in [-0.05, 0) is 12.8 Å². The lowest BCUT2D eigenvalue weighted by Gasteiger charge is -2.38. The largest absolute Gasteiger partial charge is 0.383 e. The lowest BCUT2D eigenvalue weighted by atomic mass is 9.84. The van der Waals surface area contributed by atoms with E-state index in [2.05, 4.69) is 10.2 Å². The van der Waals surface area contributed by atoms with E-state index in [4.69, 9.17) is 10.5 Å². The SMILES string of the molecule is COCC(N)C(=O)NCCN1CCN(C(=O)C2CCC2)CC1.Cl.Cl. The summed E-state index contributed by atoms with van der Waals surface area (Å²) in [4.78, 5) is 28.1. The van der Waals surface area contributed by atoms with Crippen molar-refractivity contribution in [3.8, 4) is 0 Å². The fourth-order valence-corrected chi connectivity index (χ4v) is 2.83. The van der Waals surface area contributed by atoms with Crippen LogP contribution in [-0.2, 0) is 14.3 Å². The summed E-state index contributed by atoms with van der Waals surface area (Å²) in [5, 5.41) is 2.82. The number of methoxy groups -OCH3 is 1. The average molecular weight is 385 g/mol. The molecule has 1 atom stereocenters. The molecular weight excluding hydrogens is 355 g/mol. The highest BCUT2D eigenvalue weighted by Gasteiger charge is 2.31. The molecule has 0 aromatic carbocycles. The zero-order chi connectivity index (χ0) is 15.9. The summed E-state index contributed by atoms with van der Waals surface area (Å²) in [6.07, 6.45) is 3.32. The number of nitrogens with one attached hydrogen (secondary N) is 1. The maximum absolute atomic E-state index is 12.2. The fourth-order valence-electron chi connectivity index (χ4n) is 2.83. The number of halogens is 2. The molecule has 1 saturated carbocycles. The molecule has 1 unspecified atom stereocenters. The predicted molar refractivity (Wildman–Crippen MR) is 97.7 cm³/mol. The van der Waals surface area contributed by atoms with Crippen LogP contribution in [0.25, 0.3) is 0 Å². The monoisotopic (exact) mass is 384 g/mol. The summed E-state index contributed by atoms with van der Waals surface area (Å²) in [7, 11) is 1.53. The average Bonchev–Trinajstić information content (AvgIpc) is 2.46. The Hall–Kier alpha value is -0.600. The van der Waals surface area contributed by atoms with E-state index in [-0.39, 0.29) is 43.2 Å². The summed E-state index contributed by atoms with van der Waals surface area (Å²) >= 11 is 0. The number of piperazine rings is 1. The van der Waals surface area contributed by atoms with Crippen LogP contribution in [-0.4, -0.2) is 80.6 Å². The van der Waals surface area contributed by atoms with Crippen molar-refractivity contribution in [1.29, 1.82) is 0 Å². The van der Waals surface area contributed by atoms with Crippen molar-refractivity contribution in [3.05, 3.63) is 0 Å². The lowest BCUT2D eigenvalue weighted by molar-refractivity contribution is -0.139. The Labute approximate surface area is 156 Å². The highest BCUT2D eigenvalue weighted by Crippen LogP contribution is 2.28. The predicted octanol–water partition coefficient (Wildman–Crippen LogP) is -0.136. The molecule has 7 nitrogen and oxygen atoms in total.